The number of rotatable bonds is 8. The fourth-order valence-corrected chi connectivity index (χ4v) is 3.16. The van der Waals surface area contributed by atoms with Crippen molar-refractivity contribution >= 4 is 28.7 Å². The Labute approximate surface area is 180 Å². The summed E-state index contributed by atoms with van der Waals surface area (Å²) in [5.41, 5.74) is 1.71. The minimum Gasteiger partial charge on any atom is -0.486 e. The second-order valence-corrected chi connectivity index (χ2v) is 6.80. The summed E-state index contributed by atoms with van der Waals surface area (Å²) in [4.78, 5) is 16.8. The van der Waals surface area contributed by atoms with Crippen molar-refractivity contribution in [1.82, 2.24) is 0 Å². The van der Waals surface area contributed by atoms with Gasteiger partial charge in [-0.2, -0.15) is 0 Å². The van der Waals surface area contributed by atoms with Crippen LogP contribution in [0.25, 0.3) is 16.8 Å². The third kappa shape index (κ3) is 4.56. The van der Waals surface area contributed by atoms with Gasteiger partial charge in [0, 0.05) is 5.56 Å². The predicted molar refractivity (Wildman–Crippen MR) is 122 cm³/mol. The molecule has 154 valence electrons. The lowest BCUT2D eigenvalue weighted by Crippen LogP contribution is -2.05. The highest BCUT2D eigenvalue weighted by Gasteiger charge is 2.24. The fraction of sp³-hybridized carbons (Fsp3) is 0.0769. The van der Waals surface area contributed by atoms with Gasteiger partial charge in [0.15, 0.2) is 17.2 Å². The smallest absolute Gasteiger partial charge is 0.363 e. The largest absolute Gasteiger partial charge is 0.486 e. The van der Waals surface area contributed by atoms with Crippen LogP contribution in [0.4, 0.5) is 0 Å². The number of hydrogen-bond donors (Lipinski definition) is 0. The molecule has 5 heteroatoms. The highest BCUT2D eigenvalue weighted by atomic mass is 16.6. The quantitative estimate of drug-likeness (QED) is 0.286. The van der Waals surface area contributed by atoms with Crippen molar-refractivity contribution in [3.8, 4) is 11.5 Å². The van der Waals surface area contributed by atoms with Crippen LogP contribution < -0.4 is 9.47 Å². The van der Waals surface area contributed by atoms with E-state index in [0.717, 1.165) is 21.9 Å². The molecule has 3 aromatic rings. The Morgan fingerprint density at radius 2 is 1.61 bits per heavy atom. The van der Waals surface area contributed by atoms with Gasteiger partial charge in [-0.15, -0.1) is 0 Å². The van der Waals surface area contributed by atoms with Gasteiger partial charge in [0.25, 0.3) is 0 Å². The summed E-state index contributed by atoms with van der Waals surface area (Å²) in [5, 5.41) is 2.16. The molecule has 0 radical (unpaired) electrons. The maximum atomic E-state index is 12.4. The van der Waals surface area contributed by atoms with Gasteiger partial charge in [-0.3, -0.25) is 0 Å². The van der Waals surface area contributed by atoms with Crippen molar-refractivity contribution in [3.63, 3.8) is 0 Å². The Morgan fingerprint density at radius 3 is 2.39 bits per heavy atom. The molecule has 0 atom stereocenters. The molecule has 0 aliphatic carbocycles. The highest BCUT2D eigenvalue weighted by Crippen LogP contribution is 2.30. The van der Waals surface area contributed by atoms with Gasteiger partial charge in [-0.1, -0.05) is 61.7 Å². The molecule has 31 heavy (non-hydrogen) atoms. The SMILES string of the molecule is C=CCOc1ccc(C=C2N=C(c3ccc4ccccc4c3)OC2=O)cc1OCC=C. The van der Waals surface area contributed by atoms with Gasteiger partial charge >= 0.3 is 5.97 Å². The summed E-state index contributed by atoms with van der Waals surface area (Å²) in [6.45, 7) is 8.01. The summed E-state index contributed by atoms with van der Waals surface area (Å²) < 4.78 is 16.7. The van der Waals surface area contributed by atoms with Crippen molar-refractivity contribution in [3.05, 3.63) is 103 Å². The molecule has 1 aliphatic rings. The molecule has 4 rings (SSSR count). The van der Waals surface area contributed by atoms with Crippen LogP contribution in [0.5, 0.6) is 11.5 Å². The normalized spacial score (nSPS) is 14.3. The Morgan fingerprint density at radius 1 is 0.871 bits per heavy atom. The molecule has 3 aromatic carbocycles. The van der Waals surface area contributed by atoms with Crippen LogP contribution >= 0.6 is 0 Å². The van der Waals surface area contributed by atoms with Crippen LogP contribution in [0, 0.1) is 0 Å². The lowest BCUT2D eigenvalue weighted by atomic mass is 10.1. The monoisotopic (exact) mass is 411 g/mol. The molecule has 0 bridgehead atoms. The zero-order valence-corrected chi connectivity index (χ0v) is 16.9. The van der Waals surface area contributed by atoms with E-state index >= 15 is 0 Å². The van der Waals surface area contributed by atoms with Crippen LogP contribution in [0.3, 0.4) is 0 Å². The Balaban J connectivity index is 1.64. The lowest BCUT2D eigenvalue weighted by molar-refractivity contribution is -0.129. The second kappa shape index (κ2) is 9.13. The lowest BCUT2D eigenvalue weighted by Gasteiger charge is -2.11. The number of benzene rings is 3. The third-order valence-corrected chi connectivity index (χ3v) is 4.60. The van der Waals surface area contributed by atoms with Gasteiger partial charge in [0.2, 0.25) is 5.90 Å². The van der Waals surface area contributed by atoms with Crippen LogP contribution in [-0.2, 0) is 9.53 Å². The number of hydrogen-bond acceptors (Lipinski definition) is 5. The first kappa shape index (κ1) is 20.2. The van der Waals surface area contributed by atoms with E-state index in [9.17, 15) is 4.79 Å². The van der Waals surface area contributed by atoms with Gasteiger partial charge in [0.1, 0.15) is 13.2 Å². The minimum absolute atomic E-state index is 0.220. The number of carbonyl (C=O) groups excluding carboxylic acids is 1. The summed E-state index contributed by atoms with van der Waals surface area (Å²) in [7, 11) is 0. The molecule has 0 N–H and O–H groups in total. The van der Waals surface area contributed by atoms with E-state index in [1.54, 1.807) is 30.4 Å². The summed E-state index contributed by atoms with van der Waals surface area (Å²) in [5.74, 6) is 0.916. The number of cyclic esters (lactones) is 1. The average molecular weight is 411 g/mol. The number of aliphatic imine (C=N–C) groups is 1. The molecule has 0 unspecified atom stereocenters. The predicted octanol–water partition coefficient (Wildman–Crippen LogP) is 5.31. The van der Waals surface area contributed by atoms with Crippen LogP contribution in [0.15, 0.2) is 96.7 Å². The maximum Gasteiger partial charge on any atom is 0.363 e. The second-order valence-electron chi connectivity index (χ2n) is 6.80. The number of esters is 1. The molecular weight excluding hydrogens is 390 g/mol. The van der Waals surface area contributed by atoms with Crippen LogP contribution in [-0.4, -0.2) is 25.1 Å². The topological polar surface area (TPSA) is 57.1 Å². The number of carbonyl (C=O) groups is 1. The van der Waals surface area contributed by atoms with E-state index in [0.29, 0.717) is 24.7 Å². The van der Waals surface area contributed by atoms with E-state index in [1.165, 1.54) is 0 Å². The van der Waals surface area contributed by atoms with Gasteiger partial charge in [0.05, 0.1) is 0 Å². The molecule has 0 fully saturated rings. The minimum atomic E-state index is -0.497. The number of fused-ring (bicyclic) bond motifs is 1. The van der Waals surface area contributed by atoms with Crippen molar-refractivity contribution in [2.24, 2.45) is 4.99 Å². The Kier molecular flexibility index (Phi) is 5.94. The van der Waals surface area contributed by atoms with E-state index in [-0.39, 0.29) is 11.6 Å². The van der Waals surface area contributed by atoms with Crippen molar-refractivity contribution in [2.75, 3.05) is 13.2 Å². The zero-order valence-electron chi connectivity index (χ0n) is 16.9. The first-order chi connectivity index (χ1) is 15.2. The van der Waals surface area contributed by atoms with E-state index in [4.69, 9.17) is 14.2 Å². The van der Waals surface area contributed by atoms with Crippen molar-refractivity contribution in [2.45, 2.75) is 0 Å². The van der Waals surface area contributed by atoms with Gasteiger partial charge in [-0.05, 0) is 46.7 Å². The molecule has 0 saturated carbocycles. The molecule has 1 aliphatic heterocycles. The standard InChI is InChI=1S/C26H21NO4/c1-3-13-29-23-12-9-18(16-24(23)30-14-4-2)15-22-26(28)31-25(27-22)21-11-10-19-7-5-6-8-20(19)17-21/h3-12,15-17H,1-2,13-14H2. The summed E-state index contributed by atoms with van der Waals surface area (Å²) in [6, 6.07) is 19.2. The van der Waals surface area contributed by atoms with Crippen molar-refractivity contribution < 1.29 is 19.0 Å². The van der Waals surface area contributed by atoms with Crippen molar-refractivity contribution in [1.29, 1.82) is 0 Å². The molecule has 0 amide bonds. The maximum absolute atomic E-state index is 12.4. The molecule has 5 nitrogen and oxygen atoms in total. The average Bonchev–Trinajstić information content (AvgIpc) is 3.16. The first-order valence-corrected chi connectivity index (χ1v) is 9.81. The zero-order chi connectivity index (χ0) is 21.6. The van der Waals surface area contributed by atoms with E-state index in [1.807, 2.05) is 48.5 Å². The Bertz CT molecular complexity index is 1220. The molecular formula is C26H21NO4. The van der Waals surface area contributed by atoms with Crippen LogP contribution in [0.1, 0.15) is 11.1 Å². The Hall–Kier alpha value is -4.12. The fourth-order valence-electron chi connectivity index (χ4n) is 3.16. The number of nitrogens with zero attached hydrogens (tertiary/aromatic N) is 1. The molecule has 0 spiro atoms. The molecule has 0 saturated heterocycles. The summed E-state index contributed by atoms with van der Waals surface area (Å²) in [6.07, 6.45) is 4.97. The highest BCUT2D eigenvalue weighted by molar-refractivity contribution is 6.13. The van der Waals surface area contributed by atoms with Gasteiger partial charge in [-0.25, -0.2) is 9.79 Å². The van der Waals surface area contributed by atoms with E-state index in [2.05, 4.69) is 18.2 Å². The summed E-state index contributed by atoms with van der Waals surface area (Å²) >= 11 is 0. The molecule has 1 heterocycles. The molecule has 0 aromatic heterocycles. The van der Waals surface area contributed by atoms with Crippen LogP contribution in [0.2, 0.25) is 0 Å². The third-order valence-electron chi connectivity index (χ3n) is 4.60. The number of ether oxygens (including phenoxy) is 3. The first-order valence-electron chi connectivity index (χ1n) is 9.81. The van der Waals surface area contributed by atoms with Gasteiger partial charge < -0.3 is 14.2 Å². The van der Waals surface area contributed by atoms with E-state index < -0.39 is 5.97 Å².